The Hall–Kier alpha value is -2.20. The van der Waals surface area contributed by atoms with E-state index < -0.39 is 20.9 Å². The molecule has 1 spiro atoms. The molecule has 10 heteroatoms. The number of rotatable bonds is 3. The molecule has 3 aliphatic rings. The van der Waals surface area contributed by atoms with Crippen molar-refractivity contribution in [2.45, 2.75) is 29.9 Å². The molecule has 0 saturated carbocycles. The lowest BCUT2D eigenvalue weighted by atomic mass is 9.99. The molecule has 3 saturated heterocycles. The molecule has 30 heavy (non-hydrogen) atoms. The van der Waals surface area contributed by atoms with Gasteiger partial charge in [0, 0.05) is 42.7 Å². The van der Waals surface area contributed by atoms with Crippen molar-refractivity contribution in [3.05, 3.63) is 59.4 Å². The molecule has 2 amide bonds. The van der Waals surface area contributed by atoms with Crippen LogP contribution < -0.4 is 5.32 Å². The average molecular weight is 449 g/mol. The number of anilines is 1. The minimum Gasteiger partial charge on any atom is -0.365 e. The van der Waals surface area contributed by atoms with E-state index in [0.29, 0.717) is 23.7 Å². The summed E-state index contributed by atoms with van der Waals surface area (Å²) in [5.41, 5.74) is 0.562. The third-order valence-corrected chi connectivity index (χ3v) is 8.54. The lowest BCUT2D eigenvalue weighted by Crippen LogP contribution is -2.57. The predicted octanol–water partition coefficient (Wildman–Crippen LogP) is 2.32. The number of aromatic nitrogens is 1. The number of ether oxygens (including phenoxy) is 1. The lowest BCUT2D eigenvalue weighted by molar-refractivity contribution is -0.0946. The van der Waals surface area contributed by atoms with Crippen molar-refractivity contribution >= 4 is 33.3 Å². The van der Waals surface area contributed by atoms with Crippen molar-refractivity contribution in [1.29, 1.82) is 0 Å². The summed E-state index contributed by atoms with van der Waals surface area (Å²) in [4.78, 5) is 18.5. The maximum atomic E-state index is 13.2. The molecule has 0 aliphatic carbocycles. The Morgan fingerprint density at radius 1 is 1.27 bits per heavy atom. The number of urea groups is 1. The van der Waals surface area contributed by atoms with E-state index in [4.69, 9.17) is 16.3 Å². The molecule has 1 aromatic heterocycles. The molecule has 3 aliphatic heterocycles. The van der Waals surface area contributed by atoms with Crippen LogP contribution in [-0.2, 0) is 21.3 Å². The number of hydrogen-bond acceptors (Lipinski definition) is 5. The molecule has 0 radical (unpaired) electrons. The summed E-state index contributed by atoms with van der Waals surface area (Å²) in [6, 6.07) is 10.2. The number of pyridine rings is 1. The van der Waals surface area contributed by atoms with Crippen LogP contribution in [0.5, 0.6) is 0 Å². The van der Waals surface area contributed by atoms with Crippen LogP contribution in [0.3, 0.4) is 0 Å². The van der Waals surface area contributed by atoms with Crippen LogP contribution in [0.25, 0.3) is 0 Å². The Morgan fingerprint density at radius 3 is 2.83 bits per heavy atom. The lowest BCUT2D eigenvalue weighted by Gasteiger charge is -2.39. The molecule has 8 nitrogen and oxygen atoms in total. The van der Waals surface area contributed by atoms with Gasteiger partial charge in [0.2, 0.25) is 10.0 Å². The summed E-state index contributed by atoms with van der Waals surface area (Å²) < 4.78 is 34.1. The van der Waals surface area contributed by atoms with Gasteiger partial charge in [0.1, 0.15) is 10.9 Å². The zero-order valence-corrected chi connectivity index (χ0v) is 17.6. The Bertz CT molecular complexity index is 1080. The van der Waals surface area contributed by atoms with E-state index in [1.54, 1.807) is 53.7 Å². The van der Waals surface area contributed by atoms with Crippen LogP contribution in [0.4, 0.5) is 10.5 Å². The Labute approximate surface area is 179 Å². The normalized spacial score (nSPS) is 29.6. The van der Waals surface area contributed by atoms with E-state index in [2.05, 4.69) is 10.3 Å². The van der Waals surface area contributed by atoms with Gasteiger partial charge in [-0.1, -0.05) is 17.7 Å². The van der Waals surface area contributed by atoms with Crippen molar-refractivity contribution < 1.29 is 17.9 Å². The molecule has 2 bridgehead atoms. The molecular weight excluding hydrogens is 428 g/mol. The van der Waals surface area contributed by atoms with Gasteiger partial charge in [-0.15, -0.1) is 0 Å². The third-order valence-electron chi connectivity index (χ3n) is 5.98. The monoisotopic (exact) mass is 448 g/mol. The summed E-state index contributed by atoms with van der Waals surface area (Å²) in [7, 11) is -3.53. The van der Waals surface area contributed by atoms with E-state index in [1.807, 2.05) is 0 Å². The van der Waals surface area contributed by atoms with Crippen LogP contribution in [-0.4, -0.2) is 65.2 Å². The number of amides is 2. The second-order valence-corrected chi connectivity index (χ2v) is 10.6. The zero-order valence-electron chi connectivity index (χ0n) is 16.1. The first-order valence-corrected chi connectivity index (χ1v) is 11.6. The molecule has 1 N–H and O–H groups in total. The minimum atomic E-state index is -3.53. The topological polar surface area (TPSA) is 91.8 Å². The number of likely N-dealkylation sites (tertiary alicyclic amines) is 1. The van der Waals surface area contributed by atoms with Crippen LogP contribution in [0.2, 0.25) is 5.02 Å². The van der Waals surface area contributed by atoms with Gasteiger partial charge in [0.15, 0.2) is 0 Å². The Morgan fingerprint density at radius 2 is 2.07 bits per heavy atom. The smallest absolute Gasteiger partial charge is 0.322 e. The summed E-state index contributed by atoms with van der Waals surface area (Å²) in [5.74, 6) is 0. The number of morpholine rings is 1. The molecule has 158 valence electrons. The van der Waals surface area contributed by atoms with Gasteiger partial charge < -0.3 is 15.0 Å². The number of nitrogens with zero attached hydrogens (tertiary/aromatic N) is 3. The Balaban J connectivity index is 1.35. The number of benzene rings is 1. The van der Waals surface area contributed by atoms with E-state index in [-0.39, 0.29) is 31.8 Å². The molecule has 2 aromatic rings. The SMILES string of the molecule is O=C(Nc1cccc(Cl)c1)N1C[C@@H]2C[C@@H]3[C@@](C1)(CN(Cc1ccncc1)S3(=O)=O)O2. The quantitative estimate of drug-likeness (QED) is 0.778. The fraction of sp³-hybridized carbons (Fsp3) is 0.400. The van der Waals surface area contributed by atoms with Gasteiger partial charge >= 0.3 is 6.03 Å². The van der Waals surface area contributed by atoms with Crippen LogP contribution in [0.15, 0.2) is 48.8 Å². The second kappa shape index (κ2) is 7.19. The van der Waals surface area contributed by atoms with E-state index in [9.17, 15) is 13.2 Å². The predicted molar refractivity (Wildman–Crippen MR) is 112 cm³/mol. The number of halogens is 1. The molecule has 3 fully saturated rings. The van der Waals surface area contributed by atoms with Crippen molar-refractivity contribution in [1.82, 2.24) is 14.2 Å². The first-order chi connectivity index (χ1) is 14.4. The van der Waals surface area contributed by atoms with E-state index in [1.165, 1.54) is 4.31 Å². The summed E-state index contributed by atoms with van der Waals surface area (Å²) in [6.07, 6.45) is 3.40. The van der Waals surface area contributed by atoms with Crippen LogP contribution in [0.1, 0.15) is 12.0 Å². The molecule has 1 aromatic carbocycles. The Kier molecular flexibility index (Phi) is 4.73. The standard InChI is InChI=1S/C20H21ClN4O4S/c21-15-2-1-3-16(8-15)23-19(26)24-11-17-9-18-20(12-24,29-17)13-25(30(18,27)28)10-14-4-6-22-7-5-14/h1-8,17-18H,9-13H2,(H,23,26)/t17-,18+,20+/m0/s1. The van der Waals surface area contributed by atoms with Crippen LogP contribution >= 0.6 is 11.6 Å². The van der Waals surface area contributed by atoms with Crippen LogP contribution in [0, 0.1) is 0 Å². The zero-order chi connectivity index (χ0) is 20.9. The maximum absolute atomic E-state index is 13.2. The van der Waals surface area contributed by atoms with E-state index >= 15 is 0 Å². The number of fused-ring (bicyclic) bond motifs is 1. The number of carbonyl (C=O) groups is 1. The molecular formula is C20H21ClN4O4S. The van der Waals surface area contributed by atoms with Gasteiger partial charge in [-0.25, -0.2) is 13.2 Å². The van der Waals surface area contributed by atoms with Crippen molar-refractivity contribution in [3.63, 3.8) is 0 Å². The third kappa shape index (κ3) is 3.35. The fourth-order valence-electron chi connectivity index (χ4n) is 4.71. The molecule has 3 atom stereocenters. The maximum Gasteiger partial charge on any atom is 0.322 e. The van der Waals surface area contributed by atoms with Gasteiger partial charge in [0.05, 0.1) is 12.6 Å². The molecule has 0 unspecified atom stereocenters. The highest BCUT2D eigenvalue weighted by atomic mass is 35.5. The highest BCUT2D eigenvalue weighted by molar-refractivity contribution is 7.90. The largest absolute Gasteiger partial charge is 0.365 e. The fourth-order valence-corrected chi connectivity index (χ4v) is 7.19. The average Bonchev–Trinajstić information content (AvgIpc) is 3.08. The number of sulfonamides is 1. The van der Waals surface area contributed by atoms with Gasteiger partial charge in [-0.3, -0.25) is 4.98 Å². The second-order valence-electron chi connectivity index (χ2n) is 8.02. The van der Waals surface area contributed by atoms with Crippen molar-refractivity contribution in [2.24, 2.45) is 0 Å². The van der Waals surface area contributed by atoms with Crippen molar-refractivity contribution in [3.8, 4) is 0 Å². The highest BCUT2D eigenvalue weighted by Crippen LogP contribution is 2.47. The number of carbonyl (C=O) groups excluding carboxylic acids is 1. The molecule has 5 rings (SSSR count). The van der Waals surface area contributed by atoms with Gasteiger partial charge in [-0.2, -0.15) is 4.31 Å². The summed E-state index contributed by atoms with van der Waals surface area (Å²) >= 11 is 6.00. The number of hydrogen-bond donors (Lipinski definition) is 1. The van der Waals surface area contributed by atoms with E-state index in [0.717, 1.165) is 5.56 Å². The highest BCUT2D eigenvalue weighted by Gasteiger charge is 2.65. The minimum absolute atomic E-state index is 0.229. The number of nitrogens with one attached hydrogen (secondary N) is 1. The van der Waals surface area contributed by atoms with Crippen molar-refractivity contribution in [2.75, 3.05) is 25.0 Å². The first kappa shape index (κ1) is 19.7. The first-order valence-electron chi connectivity index (χ1n) is 9.73. The van der Waals surface area contributed by atoms with Gasteiger partial charge in [0.25, 0.3) is 0 Å². The summed E-state index contributed by atoms with van der Waals surface area (Å²) in [5, 5.41) is 2.74. The molecule has 4 heterocycles. The summed E-state index contributed by atoms with van der Waals surface area (Å²) in [6.45, 7) is 1.10. The van der Waals surface area contributed by atoms with Gasteiger partial charge in [-0.05, 0) is 42.3 Å².